The number of unbranched alkanes of at least 4 members (excludes halogenated alkanes) is 22. The van der Waals surface area contributed by atoms with Crippen LogP contribution in [0.3, 0.4) is 0 Å². The average Bonchev–Trinajstić information content (AvgIpc) is 3.33. The van der Waals surface area contributed by atoms with E-state index in [9.17, 15) is 14.4 Å². The molecule has 67 heavy (non-hydrogen) atoms. The van der Waals surface area contributed by atoms with Crippen LogP contribution in [0.5, 0.6) is 0 Å². The van der Waals surface area contributed by atoms with E-state index >= 15 is 0 Å². The third kappa shape index (κ3) is 53.2. The van der Waals surface area contributed by atoms with Crippen molar-refractivity contribution in [3.05, 3.63) is 97.2 Å². The first-order valence-electron chi connectivity index (χ1n) is 27.7. The molecule has 0 aliphatic heterocycles. The summed E-state index contributed by atoms with van der Waals surface area (Å²) in [6.07, 6.45) is 72.4. The molecule has 0 bridgehead atoms. The molecule has 0 aliphatic carbocycles. The molecule has 0 saturated carbocycles. The summed E-state index contributed by atoms with van der Waals surface area (Å²) in [7, 11) is 0. The average molecular weight is 931 g/mol. The maximum absolute atomic E-state index is 12.8. The number of rotatable bonds is 49. The van der Waals surface area contributed by atoms with E-state index < -0.39 is 6.10 Å². The van der Waals surface area contributed by atoms with Crippen molar-refractivity contribution in [1.29, 1.82) is 0 Å². The molecule has 0 amide bonds. The Kier molecular flexibility index (Phi) is 51.9. The fourth-order valence-electron chi connectivity index (χ4n) is 7.37. The smallest absolute Gasteiger partial charge is 0.306 e. The first kappa shape index (κ1) is 63.3. The Morgan fingerprint density at radius 1 is 0.313 bits per heavy atom. The van der Waals surface area contributed by atoms with Gasteiger partial charge in [0.2, 0.25) is 0 Å². The Bertz CT molecular complexity index is 1350. The SMILES string of the molecule is CC/C=C\C/C=C\C/C=C\C/C=C\C/C=C\CCCCCC(=O)OC[C@H](COC(=O)CCCCCCCCC/C=C\C/C=C\CCCCC)OC(=O)CCCCCCC/C=C\CCCCCC. The number of carbonyl (C=O) groups is 3. The summed E-state index contributed by atoms with van der Waals surface area (Å²) in [6.45, 7) is 6.44. The second kappa shape index (κ2) is 54.9. The number of hydrogen-bond acceptors (Lipinski definition) is 6. The van der Waals surface area contributed by atoms with E-state index in [0.717, 1.165) is 122 Å². The number of allylic oxidation sites excluding steroid dienone is 16. The van der Waals surface area contributed by atoms with Crippen LogP contribution in [0.25, 0.3) is 0 Å². The predicted molar refractivity (Wildman–Crippen MR) is 288 cm³/mol. The van der Waals surface area contributed by atoms with Crippen LogP contribution in [0, 0.1) is 0 Å². The van der Waals surface area contributed by atoms with Gasteiger partial charge in [-0.2, -0.15) is 0 Å². The quantitative estimate of drug-likeness (QED) is 0.0262. The van der Waals surface area contributed by atoms with E-state index in [2.05, 4.69) is 118 Å². The zero-order valence-electron chi connectivity index (χ0n) is 43.6. The molecule has 0 aromatic rings. The minimum absolute atomic E-state index is 0.0963. The first-order chi connectivity index (χ1) is 33.0. The molecule has 1 atom stereocenters. The van der Waals surface area contributed by atoms with Crippen molar-refractivity contribution in [3.63, 3.8) is 0 Å². The minimum atomic E-state index is -0.800. The monoisotopic (exact) mass is 931 g/mol. The summed E-state index contributed by atoms with van der Waals surface area (Å²) in [5.74, 6) is -0.945. The van der Waals surface area contributed by atoms with Gasteiger partial charge in [-0.15, -0.1) is 0 Å². The van der Waals surface area contributed by atoms with Crippen molar-refractivity contribution >= 4 is 17.9 Å². The zero-order chi connectivity index (χ0) is 48.6. The third-order valence-corrected chi connectivity index (χ3v) is 11.5. The van der Waals surface area contributed by atoms with Crippen LogP contribution in [-0.4, -0.2) is 37.2 Å². The molecule has 6 nitrogen and oxygen atoms in total. The molecule has 6 heteroatoms. The predicted octanol–water partition coefficient (Wildman–Crippen LogP) is 18.5. The normalized spacial score (nSPS) is 12.8. The van der Waals surface area contributed by atoms with E-state index in [0.29, 0.717) is 19.3 Å². The van der Waals surface area contributed by atoms with Gasteiger partial charge < -0.3 is 14.2 Å². The van der Waals surface area contributed by atoms with Gasteiger partial charge in [0.1, 0.15) is 13.2 Å². The Morgan fingerprint density at radius 2 is 0.582 bits per heavy atom. The van der Waals surface area contributed by atoms with Crippen molar-refractivity contribution in [2.24, 2.45) is 0 Å². The van der Waals surface area contributed by atoms with Gasteiger partial charge in [0.05, 0.1) is 0 Å². The van der Waals surface area contributed by atoms with Crippen LogP contribution in [0.2, 0.25) is 0 Å². The highest BCUT2D eigenvalue weighted by Gasteiger charge is 2.19. The largest absolute Gasteiger partial charge is 0.462 e. The Balaban J connectivity index is 4.46. The molecule has 0 N–H and O–H groups in total. The molecule has 0 aliphatic rings. The summed E-state index contributed by atoms with van der Waals surface area (Å²) in [4.78, 5) is 38.1. The van der Waals surface area contributed by atoms with Crippen molar-refractivity contribution < 1.29 is 28.6 Å². The molecule has 0 aromatic heterocycles. The summed E-state index contributed by atoms with van der Waals surface area (Å²) >= 11 is 0. The molecule has 0 saturated heterocycles. The molecule has 0 radical (unpaired) electrons. The lowest BCUT2D eigenvalue weighted by atomic mass is 10.1. The maximum atomic E-state index is 12.8. The van der Waals surface area contributed by atoms with E-state index in [4.69, 9.17) is 14.2 Å². The van der Waals surface area contributed by atoms with Crippen LogP contribution in [0.15, 0.2) is 97.2 Å². The maximum Gasteiger partial charge on any atom is 0.306 e. The Labute approximate surface area is 413 Å². The van der Waals surface area contributed by atoms with Crippen LogP contribution in [-0.2, 0) is 28.6 Å². The second-order valence-electron chi connectivity index (χ2n) is 18.1. The molecular formula is C61H102O6. The van der Waals surface area contributed by atoms with Gasteiger partial charge in [-0.1, -0.05) is 208 Å². The highest BCUT2D eigenvalue weighted by molar-refractivity contribution is 5.71. The topological polar surface area (TPSA) is 78.9 Å². The van der Waals surface area contributed by atoms with Crippen LogP contribution >= 0.6 is 0 Å². The van der Waals surface area contributed by atoms with Gasteiger partial charge in [-0.05, 0) is 122 Å². The molecule has 0 spiro atoms. The van der Waals surface area contributed by atoms with Gasteiger partial charge in [-0.25, -0.2) is 0 Å². The van der Waals surface area contributed by atoms with E-state index in [1.807, 2.05) is 0 Å². The Hall–Kier alpha value is -3.67. The molecule has 0 rings (SSSR count). The number of ether oxygens (including phenoxy) is 3. The highest BCUT2D eigenvalue weighted by atomic mass is 16.6. The standard InChI is InChI=1S/C61H102O6/c1-4-7-10-13-16-19-22-25-27-29-30-32-34-37-39-42-45-48-51-54-60(63)66-57-58(67-61(64)55-52-49-46-43-40-35-24-21-18-15-12-9-6-3)56-65-59(62)53-50-47-44-41-38-36-33-31-28-26-23-20-17-14-11-8-5-2/h7,10,16-17,19-21,24-28,30,32,37,39,58H,4-6,8-9,11-15,18,22-23,29,31,33-36,38,40-57H2,1-3H3/b10-7-,19-16-,20-17-,24-21-,27-25-,28-26-,32-30-,39-37-/t58-/m0/s1. The zero-order valence-corrected chi connectivity index (χ0v) is 43.6. The van der Waals surface area contributed by atoms with Crippen molar-refractivity contribution in [1.82, 2.24) is 0 Å². The molecule has 0 aromatic carbocycles. The van der Waals surface area contributed by atoms with Gasteiger partial charge in [0.25, 0.3) is 0 Å². The first-order valence-corrected chi connectivity index (χ1v) is 27.7. The van der Waals surface area contributed by atoms with Crippen molar-refractivity contribution in [2.75, 3.05) is 13.2 Å². The molecule has 0 unspecified atom stereocenters. The van der Waals surface area contributed by atoms with Gasteiger partial charge >= 0.3 is 17.9 Å². The molecule has 382 valence electrons. The minimum Gasteiger partial charge on any atom is -0.462 e. The van der Waals surface area contributed by atoms with E-state index in [-0.39, 0.29) is 31.1 Å². The van der Waals surface area contributed by atoms with Crippen molar-refractivity contribution in [3.8, 4) is 0 Å². The molecule has 0 heterocycles. The summed E-state index contributed by atoms with van der Waals surface area (Å²) in [5.41, 5.74) is 0. The molecular weight excluding hydrogens is 829 g/mol. The number of esters is 3. The van der Waals surface area contributed by atoms with Crippen molar-refractivity contribution in [2.45, 2.75) is 258 Å². The van der Waals surface area contributed by atoms with E-state index in [1.54, 1.807) is 0 Å². The summed E-state index contributed by atoms with van der Waals surface area (Å²) in [5, 5.41) is 0. The van der Waals surface area contributed by atoms with Gasteiger partial charge in [0, 0.05) is 19.3 Å². The lowest BCUT2D eigenvalue weighted by molar-refractivity contribution is -0.167. The summed E-state index contributed by atoms with van der Waals surface area (Å²) in [6, 6.07) is 0. The fraction of sp³-hybridized carbons (Fsp3) is 0.689. The fourth-order valence-corrected chi connectivity index (χ4v) is 7.37. The number of carbonyl (C=O) groups excluding carboxylic acids is 3. The molecule has 0 fully saturated rings. The van der Waals surface area contributed by atoms with Gasteiger partial charge in [-0.3, -0.25) is 14.4 Å². The van der Waals surface area contributed by atoms with Crippen LogP contribution < -0.4 is 0 Å². The second-order valence-corrected chi connectivity index (χ2v) is 18.1. The number of hydrogen-bond donors (Lipinski definition) is 0. The summed E-state index contributed by atoms with van der Waals surface area (Å²) < 4.78 is 16.8. The van der Waals surface area contributed by atoms with Gasteiger partial charge in [0.15, 0.2) is 6.10 Å². The Morgan fingerprint density at radius 3 is 0.970 bits per heavy atom. The lowest BCUT2D eigenvalue weighted by Gasteiger charge is -2.18. The van der Waals surface area contributed by atoms with E-state index in [1.165, 1.54) is 89.9 Å². The van der Waals surface area contributed by atoms with Crippen LogP contribution in [0.4, 0.5) is 0 Å². The lowest BCUT2D eigenvalue weighted by Crippen LogP contribution is -2.30. The third-order valence-electron chi connectivity index (χ3n) is 11.5. The van der Waals surface area contributed by atoms with Crippen LogP contribution in [0.1, 0.15) is 252 Å². The highest BCUT2D eigenvalue weighted by Crippen LogP contribution is 2.14.